The SMILES string of the molecule is COCCOCCCc1cc(N)c2[nH]c(-c3ccccc3)cc2c1. The summed E-state index contributed by atoms with van der Waals surface area (Å²) in [6.45, 7) is 2.03. The van der Waals surface area contributed by atoms with Gasteiger partial charge in [-0.2, -0.15) is 0 Å². The van der Waals surface area contributed by atoms with Gasteiger partial charge in [0.05, 0.1) is 24.4 Å². The van der Waals surface area contributed by atoms with E-state index in [-0.39, 0.29) is 0 Å². The van der Waals surface area contributed by atoms with Gasteiger partial charge in [0.25, 0.3) is 0 Å². The third kappa shape index (κ3) is 3.96. The van der Waals surface area contributed by atoms with Crippen LogP contribution in [-0.2, 0) is 15.9 Å². The predicted molar refractivity (Wildman–Crippen MR) is 99.2 cm³/mol. The lowest BCUT2D eigenvalue weighted by molar-refractivity contribution is 0.0695. The molecule has 0 bridgehead atoms. The van der Waals surface area contributed by atoms with E-state index in [0.717, 1.165) is 41.7 Å². The van der Waals surface area contributed by atoms with Crippen molar-refractivity contribution in [1.82, 2.24) is 4.98 Å². The van der Waals surface area contributed by atoms with E-state index in [1.807, 2.05) is 18.2 Å². The van der Waals surface area contributed by atoms with Gasteiger partial charge in [-0.3, -0.25) is 0 Å². The Morgan fingerprint density at radius 2 is 1.83 bits per heavy atom. The lowest BCUT2D eigenvalue weighted by Crippen LogP contribution is -2.03. The molecule has 0 fully saturated rings. The molecule has 0 aliphatic rings. The van der Waals surface area contributed by atoms with E-state index in [1.165, 1.54) is 11.1 Å². The number of methoxy groups -OCH3 is 1. The van der Waals surface area contributed by atoms with Crippen LogP contribution in [0.3, 0.4) is 0 Å². The molecular formula is C20H24N2O2. The fraction of sp³-hybridized carbons (Fsp3) is 0.300. The standard InChI is InChI=1S/C20H24N2O2/c1-23-10-11-24-9-5-6-15-12-17-14-19(16-7-3-2-4-8-16)22-20(17)18(21)13-15/h2-4,7-8,12-14,22H,5-6,9-11,21H2,1H3. The van der Waals surface area contributed by atoms with E-state index in [1.54, 1.807) is 7.11 Å². The zero-order valence-corrected chi connectivity index (χ0v) is 14.0. The molecule has 0 radical (unpaired) electrons. The summed E-state index contributed by atoms with van der Waals surface area (Å²) in [5.74, 6) is 0. The highest BCUT2D eigenvalue weighted by Gasteiger charge is 2.07. The van der Waals surface area contributed by atoms with Gasteiger partial charge in [-0.25, -0.2) is 0 Å². The molecule has 4 nitrogen and oxygen atoms in total. The second-order valence-electron chi connectivity index (χ2n) is 5.91. The minimum Gasteiger partial charge on any atom is -0.397 e. The number of aryl methyl sites for hydroxylation is 1. The van der Waals surface area contributed by atoms with Gasteiger partial charge in [0.1, 0.15) is 0 Å². The van der Waals surface area contributed by atoms with Crippen molar-refractivity contribution < 1.29 is 9.47 Å². The Hall–Kier alpha value is -2.30. The second kappa shape index (κ2) is 7.99. The Kier molecular flexibility index (Phi) is 5.51. The van der Waals surface area contributed by atoms with E-state index in [9.17, 15) is 0 Å². The van der Waals surface area contributed by atoms with E-state index in [0.29, 0.717) is 13.2 Å². The number of ether oxygens (including phenoxy) is 2. The van der Waals surface area contributed by atoms with Gasteiger partial charge < -0.3 is 20.2 Å². The largest absolute Gasteiger partial charge is 0.397 e. The second-order valence-corrected chi connectivity index (χ2v) is 5.91. The maximum atomic E-state index is 6.24. The van der Waals surface area contributed by atoms with E-state index >= 15 is 0 Å². The van der Waals surface area contributed by atoms with Crippen LogP contribution in [0.4, 0.5) is 5.69 Å². The average molecular weight is 324 g/mol. The number of anilines is 1. The molecule has 1 heterocycles. The van der Waals surface area contributed by atoms with Crippen molar-refractivity contribution in [2.24, 2.45) is 0 Å². The molecular weight excluding hydrogens is 300 g/mol. The molecule has 1 aromatic heterocycles. The number of rotatable bonds is 8. The number of hydrogen-bond donors (Lipinski definition) is 2. The number of nitrogen functional groups attached to an aromatic ring is 1. The van der Waals surface area contributed by atoms with Gasteiger partial charge in [0.15, 0.2) is 0 Å². The number of aromatic nitrogens is 1. The third-order valence-electron chi connectivity index (χ3n) is 4.09. The van der Waals surface area contributed by atoms with Crippen molar-refractivity contribution in [3.8, 4) is 11.3 Å². The zero-order chi connectivity index (χ0) is 16.8. The van der Waals surface area contributed by atoms with Gasteiger partial charge in [-0.15, -0.1) is 0 Å². The van der Waals surface area contributed by atoms with Crippen molar-refractivity contribution in [2.75, 3.05) is 32.7 Å². The van der Waals surface area contributed by atoms with Crippen LogP contribution in [0, 0.1) is 0 Å². The first-order chi connectivity index (χ1) is 11.8. The molecule has 0 spiro atoms. The zero-order valence-electron chi connectivity index (χ0n) is 14.0. The number of nitrogens with one attached hydrogen (secondary N) is 1. The van der Waals surface area contributed by atoms with Crippen LogP contribution < -0.4 is 5.73 Å². The first kappa shape index (κ1) is 16.6. The van der Waals surface area contributed by atoms with E-state index in [4.69, 9.17) is 15.2 Å². The molecule has 0 amide bonds. The number of nitrogens with two attached hydrogens (primary N) is 1. The Balaban J connectivity index is 1.70. The molecule has 4 heteroatoms. The van der Waals surface area contributed by atoms with Gasteiger partial charge in [0.2, 0.25) is 0 Å². The highest BCUT2D eigenvalue weighted by molar-refractivity contribution is 5.94. The summed E-state index contributed by atoms with van der Waals surface area (Å²) in [4.78, 5) is 3.43. The summed E-state index contributed by atoms with van der Waals surface area (Å²) >= 11 is 0. The normalized spacial score (nSPS) is 11.2. The first-order valence-corrected chi connectivity index (χ1v) is 8.31. The molecule has 0 unspecified atom stereocenters. The van der Waals surface area contributed by atoms with Crippen molar-refractivity contribution in [2.45, 2.75) is 12.8 Å². The van der Waals surface area contributed by atoms with Crippen LogP contribution in [0.2, 0.25) is 0 Å². The maximum absolute atomic E-state index is 6.24. The Labute approximate surface area is 142 Å². The monoisotopic (exact) mass is 324 g/mol. The average Bonchev–Trinajstić information content (AvgIpc) is 3.04. The quantitative estimate of drug-likeness (QED) is 0.486. The summed E-state index contributed by atoms with van der Waals surface area (Å²) in [6.07, 6.45) is 1.93. The summed E-state index contributed by atoms with van der Waals surface area (Å²) in [5, 5.41) is 1.16. The van der Waals surface area contributed by atoms with E-state index < -0.39 is 0 Å². The van der Waals surface area contributed by atoms with Crippen LogP contribution in [0.1, 0.15) is 12.0 Å². The Morgan fingerprint density at radius 1 is 1.00 bits per heavy atom. The van der Waals surface area contributed by atoms with Gasteiger partial charge in [-0.05, 0) is 42.2 Å². The van der Waals surface area contributed by atoms with E-state index in [2.05, 4.69) is 35.3 Å². The molecule has 0 aliphatic carbocycles. The highest BCUT2D eigenvalue weighted by atomic mass is 16.5. The predicted octanol–water partition coefficient (Wildman–Crippen LogP) is 4.01. The number of H-pyrrole nitrogens is 1. The molecule has 3 rings (SSSR count). The molecule has 24 heavy (non-hydrogen) atoms. The molecule has 3 N–H and O–H groups in total. The number of aromatic amines is 1. The Bertz CT molecular complexity index is 781. The summed E-state index contributed by atoms with van der Waals surface area (Å²) in [7, 11) is 1.68. The van der Waals surface area contributed by atoms with Gasteiger partial charge >= 0.3 is 0 Å². The fourth-order valence-electron chi connectivity index (χ4n) is 2.88. The van der Waals surface area contributed by atoms with Crippen LogP contribution in [0.15, 0.2) is 48.5 Å². The van der Waals surface area contributed by atoms with Crippen LogP contribution in [0.5, 0.6) is 0 Å². The fourth-order valence-corrected chi connectivity index (χ4v) is 2.88. The first-order valence-electron chi connectivity index (χ1n) is 8.31. The number of benzene rings is 2. The molecule has 3 aromatic rings. The summed E-state index contributed by atoms with van der Waals surface area (Å²) in [6, 6.07) is 16.7. The van der Waals surface area contributed by atoms with Crippen LogP contribution in [-0.4, -0.2) is 31.9 Å². The number of fused-ring (bicyclic) bond motifs is 1. The lowest BCUT2D eigenvalue weighted by Gasteiger charge is -2.06. The molecule has 0 saturated carbocycles. The van der Waals surface area contributed by atoms with Gasteiger partial charge in [0, 0.05) is 24.8 Å². The molecule has 0 aliphatic heterocycles. The lowest BCUT2D eigenvalue weighted by atomic mass is 10.1. The molecule has 126 valence electrons. The number of hydrogen-bond acceptors (Lipinski definition) is 3. The van der Waals surface area contributed by atoms with Crippen molar-refractivity contribution in [3.05, 3.63) is 54.1 Å². The highest BCUT2D eigenvalue weighted by Crippen LogP contribution is 2.29. The summed E-state index contributed by atoms with van der Waals surface area (Å²) in [5.41, 5.74) is 11.6. The van der Waals surface area contributed by atoms with Crippen LogP contribution in [0.25, 0.3) is 22.2 Å². The van der Waals surface area contributed by atoms with Gasteiger partial charge in [-0.1, -0.05) is 30.3 Å². The minimum absolute atomic E-state index is 0.643. The topological polar surface area (TPSA) is 60.3 Å². The van der Waals surface area contributed by atoms with Crippen molar-refractivity contribution >= 4 is 16.6 Å². The Morgan fingerprint density at radius 3 is 2.62 bits per heavy atom. The van der Waals surface area contributed by atoms with Crippen molar-refractivity contribution in [1.29, 1.82) is 0 Å². The maximum Gasteiger partial charge on any atom is 0.0700 e. The molecule has 2 aromatic carbocycles. The molecule has 0 saturated heterocycles. The van der Waals surface area contributed by atoms with Crippen LogP contribution >= 0.6 is 0 Å². The molecule has 0 atom stereocenters. The van der Waals surface area contributed by atoms with Crippen molar-refractivity contribution in [3.63, 3.8) is 0 Å². The smallest absolute Gasteiger partial charge is 0.0700 e. The minimum atomic E-state index is 0.643. The third-order valence-corrected chi connectivity index (χ3v) is 4.09. The summed E-state index contributed by atoms with van der Waals surface area (Å²) < 4.78 is 10.5.